The van der Waals surface area contributed by atoms with Crippen LogP contribution in [0.3, 0.4) is 0 Å². The molecule has 1 saturated carbocycles. The second-order valence-electron chi connectivity index (χ2n) is 7.45. The van der Waals surface area contributed by atoms with Gasteiger partial charge >= 0.3 is 0 Å². The van der Waals surface area contributed by atoms with Crippen LogP contribution in [0.25, 0.3) is 11.3 Å². The Labute approximate surface area is 134 Å². The van der Waals surface area contributed by atoms with Crippen LogP contribution in [0.5, 0.6) is 0 Å². The predicted molar refractivity (Wildman–Crippen MR) is 90.7 cm³/mol. The van der Waals surface area contributed by atoms with E-state index in [0.29, 0.717) is 5.41 Å². The topological polar surface area (TPSA) is 3.88 Å². The number of nitrogens with zero attached hydrogens (tertiary/aromatic N) is 1. The highest BCUT2D eigenvalue weighted by molar-refractivity contribution is 5.61. The molecular weight excluding hydrogens is 266 g/mol. The summed E-state index contributed by atoms with van der Waals surface area (Å²) in [6.07, 6.45) is 9.76. The fourth-order valence-corrected chi connectivity index (χ4v) is 4.80. The van der Waals surface area contributed by atoms with Gasteiger partial charge in [-0.15, -0.1) is 0 Å². The number of aromatic nitrogens is 1. The maximum Gasteiger partial charge on any atom is 0.212 e. The van der Waals surface area contributed by atoms with E-state index in [9.17, 15) is 0 Å². The average Bonchev–Trinajstić information content (AvgIpc) is 2.96. The minimum atomic E-state index is 0.643. The molecule has 1 spiro atoms. The van der Waals surface area contributed by atoms with Gasteiger partial charge in [0.05, 0.1) is 0 Å². The van der Waals surface area contributed by atoms with E-state index in [4.69, 9.17) is 0 Å². The highest BCUT2D eigenvalue weighted by atomic mass is 15.0. The van der Waals surface area contributed by atoms with Gasteiger partial charge in [0, 0.05) is 23.6 Å². The van der Waals surface area contributed by atoms with Crippen LogP contribution in [0.2, 0.25) is 0 Å². The van der Waals surface area contributed by atoms with Gasteiger partial charge in [-0.25, -0.2) is 0 Å². The van der Waals surface area contributed by atoms with Crippen molar-refractivity contribution in [3.05, 3.63) is 53.2 Å². The highest BCUT2D eigenvalue weighted by Gasteiger charge is 2.39. The monoisotopic (exact) mass is 292 g/mol. The molecule has 0 unspecified atom stereocenters. The quantitative estimate of drug-likeness (QED) is 0.680. The van der Waals surface area contributed by atoms with Crippen molar-refractivity contribution in [1.29, 1.82) is 0 Å². The van der Waals surface area contributed by atoms with Crippen molar-refractivity contribution in [2.24, 2.45) is 12.5 Å². The van der Waals surface area contributed by atoms with Crippen LogP contribution >= 0.6 is 0 Å². The third kappa shape index (κ3) is 2.18. The molecule has 1 heteroatoms. The molecule has 0 N–H and O–H groups in total. The summed E-state index contributed by atoms with van der Waals surface area (Å²) in [6, 6.07) is 13.5. The molecule has 0 bridgehead atoms. The molecule has 2 aromatic rings. The SMILES string of the molecule is Cc1ccccc1-c1ccc2c([n+]1C)CCC1(CCCC1)C2. The van der Waals surface area contributed by atoms with E-state index in [2.05, 4.69) is 54.9 Å². The Morgan fingerprint density at radius 3 is 2.50 bits per heavy atom. The Morgan fingerprint density at radius 1 is 0.955 bits per heavy atom. The standard InChI is InChI=1S/C21H26N/c1-16-7-3-4-8-18(16)20-10-9-17-15-21(12-5-6-13-21)14-11-19(17)22(20)2/h3-4,7-10H,5-6,11-15H2,1-2H3/q+1. The average molecular weight is 292 g/mol. The van der Waals surface area contributed by atoms with Crippen molar-refractivity contribution in [1.82, 2.24) is 0 Å². The molecule has 1 aromatic carbocycles. The van der Waals surface area contributed by atoms with Gasteiger partial charge in [-0.1, -0.05) is 31.0 Å². The van der Waals surface area contributed by atoms with Gasteiger partial charge in [-0.3, -0.25) is 0 Å². The van der Waals surface area contributed by atoms with Gasteiger partial charge in [-0.2, -0.15) is 4.57 Å². The van der Waals surface area contributed by atoms with Crippen molar-refractivity contribution in [2.75, 3.05) is 0 Å². The third-order valence-corrected chi connectivity index (χ3v) is 6.12. The smallest absolute Gasteiger partial charge is 0.198 e. The first-order chi connectivity index (χ1) is 10.7. The predicted octanol–water partition coefficient (Wildman–Crippen LogP) is 4.54. The van der Waals surface area contributed by atoms with Crippen molar-refractivity contribution in [2.45, 2.75) is 51.9 Å². The van der Waals surface area contributed by atoms with E-state index in [1.165, 1.54) is 61.8 Å². The molecular formula is C21H26N+. The van der Waals surface area contributed by atoms with E-state index in [0.717, 1.165) is 0 Å². The van der Waals surface area contributed by atoms with E-state index in [-0.39, 0.29) is 0 Å². The fraction of sp³-hybridized carbons (Fsp3) is 0.476. The largest absolute Gasteiger partial charge is 0.212 e. The molecule has 114 valence electrons. The van der Waals surface area contributed by atoms with Crippen LogP contribution in [-0.4, -0.2) is 0 Å². The van der Waals surface area contributed by atoms with Crippen molar-refractivity contribution < 1.29 is 4.57 Å². The second kappa shape index (κ2) is 5.22. The van der Waals surface area contributed by atoms with Gasteiger partial charge in [-0.05, 0) is 55.7 Å². The Bertz CT molecular complexity index is 708. The first-order valence-electron chi connectivity index (χ1n) is 8.75. The van der Waals surface area contributed by atoms with Crippen LogP contribution in [0.1, 0.15) is 48.9 Å². The number of rotatable bonds is 1. The summed E-state index contributed by atoms with van der Waals surface area (Å²) in [5.41, 5.74) is 7.91. The van der Waals surface area contributed by atoms with Gasteiger partial charge < -0.3 is 0 Å². The van der Waals surface area contributed by atoms with Crippen LogP contribution in [0, 0.1) is 12.3 Å². The van der Waals surface area contributed by atoms with Crippen molar-refractivity contribution >= 4 is 0 Å². The molecule has 2 aliphatic rings. The fourth-order valence-electron chi connectivity index (χ4n) is 4.80. The number of benzene rings is 1. The van der Waals surface area contributed by atoms with Crippen LogP contribution < -0.4 is 4.57 Å². The lowest BCUT2D eigenvalue weighted by Crippen LogP contribution is -2.41. The van der Waals surface area contributed by atoms with Crippen LogP contribution in [-0.2, 0) is 19.9 Å². The third-order valence-electron chi connectivity index (χ3n) is 6.12. The summed E-state index contributed by atoms with van der Waals surface area (Å²) in [5.74, 6) is 0. The molecule has 22 heavy (non-hydrogen) atoms. The Kier molecular flexibility index (Phi) is 3.32. The maximum absolute atomic E-state index is 2.46. The molecule has 1 fully saturated rings. The minimum Gasteiger partial charge on any atom is -0.198 e. The van der Waals surface area contributed by atoms with Crippen LogP contribution in [0.4, 0.5) is 0 Å². The van der Waals surface area contributed by atoms with E-state index in [1.807, 2.05) is 0 Å². The minimum absolute atomic E-state index is 0.643. The van der Waals surface area contributed by atoms with Gasteiger partial charge in [0.15, 0.2) is 5.69 Å². The van der Waals surface area contributed by atoms with Gasteiger partial charge in [0.2, 0.25) is 5.69 Å². The summed E-state index contributed by atoms with van der Waals surface area (Å²) in [4.78, 5) is 0. The zero-order valence-corrected chi connectivity index (χ0v) is 13.9. The Hall–Kier alpha value is -1.63. The molecule has 1 aromatic heterocycles. The van der Waals surface area contributed by atoms with Gasteiger partial charge in [0.1, 0.15) is 7.05 Å². The van der Waals surface area contributed by atoms with E-state index < -0.39 is 0 Å². The molecule has 0 atom stereocenters. The lowest BCUT2D eigenvalue weighted by Gasteiger charge is -2.33. The second-order valence-corrected chi connectivity index (χ2v) is 7.45. The van der Waals surface area contributed by atoms with E-state index in [1.54, 1.807) is 11.3 Å². The molecule has 0 aliphatic heterocycles. The lowest BCUT2D eigenvalue weighted by atomic mass is 9.71. The number of pyridine rings is 1. The van der Waals surface area contributed by atoms with Crippen LogP contribution in [0.15, 0.2) is 36.4 Å². The number of hydrogen-bond donors (Lipinski definition) is 0. The maximum atomic E-state index is 2.46. The summed E-state index contributed by atoms with van der Waals surface area (Å²) >= 11 is 0. The van der Waals surface area contributed by atoms with Crippen molar-refractivity contribution in [3.63, 3.8) is 0 Å². The summed E-state index contributed by atoms with van der Waals surface area (Å²) in [5, 5.41) is 0. The van der Waals surface area contributed by atoms with E-state index >= 15 is 0 Å². The first kappa shape index (κ1) is 14.0. The highest BCUT2D eigenvalue weighted by Crippen LogP contribution is 2.47. The zero-order chi connectivity index (χ0) is 15.2. The Morgan fingerprint density at radius 2 is 1.73 bits per heavy atom. The number of fused-ring (bicyclic) bond motifs is 1. The summed E-state index contributed by atoms with van der Waals surface area (Å²) < 4.78 is 2.46. The number of aryl methyl sites for hydroxylation is 1. The van der Waals surface area contributed by atoms with Crippen molar-refractivity contribution in [3.8, 4) is 11.3 Å². The number of hydrogen-bond acceptors (Lipinski definition) is 0. The molecule has 4 rings (SSSR count). The van der Waals surface area contributed by atoms with Gasteiger partial charge in [0.25, 0.3) is 0 Å². The summed E-state index contributed by atoms with van der Waals surface area (Å²) in [7, 11) is 2.26. The lowest BCUT2D eigenvalue weighted by molar-refractivity contribution is -0.669. The molecule has 1 heterocycles. The zero-order valence-electron chi connectivity index (χ0n) is 13.9. The molecule has 0 amide bonds. The molecule has 0 radical (unpaired) electrons. The molecule has 0 saturated heterocycles. The summed E-state index contributed by atoms with van der Waals surface area (Å²) in [6.45, 7) is 2.21. The Balaban J connectivity index is 1.76. The first-order valence-corrected chi connectivity index (χ1v) is 8.75. The normalized spacial score (nSPS) is 19.4. The molecule has 1 nitrogen and oxygen atoms in total. The molecule has 2 aliphatic carbocycles.